The molecule has 0 aliphatic heterocycles. The zero-order chi connectivity index (χ0) is 11.6. The first-order valence-corrected chi connectivity index (χ1v) is 4.38. The molecule has 86 valence electrons. The highest BCUT2D eigenvalue weighted by Gasteiger charge is 2.63. The molecule has 0 spiro atoms. The van der Waals surface area contributed by atoms with Gasteiger partial charge in [0.25, 0.3) is 0 Å². The second-order valence-corrected chi connectivity index (χ2v) is 2.96. The fraction of sp³-hybridized carbons (Fsp3) is 1.00. The van der Waals surface area contributed by atoms with E-state index in [0.717, 1.165) is 6.92 Å². The zero-order valence-corrected chi connectivity index (χ0v) is 7.66. The molecule has 2 unspecified atom stereocenters. The van der Waals surface area contributed by atoms with E-state index in [2.05, 4.69) is 4.18 Å². The third-order valence-corrected chi connectivity index (χ3v) is 1.75. The zero-order valence-electron chi connectivity index (χ0n) is 6.85. The summed E-state index contributed by atoms with van der Waals surface area (Å²) in [7, 11) is 0. The highest BCUT2D eigenvalue weighted by atomic mass is 32.2. The molecule has 1 N–H and O–H groups in total. The highest BCUT2D eigenvalue weighted by molar-refractivity contribution is 7.74. The Balaban J connectivity index is 4.74. The van der Waals surface area contributed by atoms with Crippen molar-refractivity contribution in [3.05, 3.63) is 0 Å². The van der Waals surface area contributed by atoms with Crippen molar-refractivity contribution in [3.63, 3.8) is 0 Å². The molecule has 0 aromatic rings. The summed E-state index contributed by atoms with van der Waals surface area (Å²) in [6.45, 7) is 0.983. The van der Waals surface area contributed by atoms with Crippen molar-refractivity contribution in [2.24, 2.45) is 0 Å². The van der Waals surface area contributed by atoms with Gasteiger partial charge in [0, 0.05) is 0 Å². The van der Waals surface area contributed by atoms with Crippen LogP contribution in [0.3, 0.4) is 0 Å². The highest BCUT2D eigenvalue weighted by Crippen LogP contribution is 2.40. The van der Waals surface area contributed by atoms with E-state index in [0.29, 0.717) is 0 Å². The minimum Gasteiger partial charge on any atom is -0.284 e. The molecule has 0 fully saturated rings. The van der Waals surface area contributed by atoms with E-state index in [9.17, 15) is 26.2 Å². The van der Waals surface area contributed by atoms with E-state index in [-0.39, 0.29) is 0 Å². The van der Waals surface area contributed by atoms with Crippen molar-refractivity contribution < 1.29 is 34.9 Å². The molecule has 9 heteroatoms. The van der Waals surface area contributed by atoms with Crippen LogP contribution in [0.5, 0.6) is 0 Å². The molecular formula is C5H7F5O3S. The quantitative estimate of drug-likeness (QED) is 0.606. The van der Waals surface area contributed by atoms with Crippen LogP contribution in [0, 0.1) is 0 Å². The van der Waals surface area contributed by atoms with Crippen LogP contribution in [-0.2, 0) is 15.5 Å². The van der Waals surface area contributed by atoms with Gasteiger partial charge < -0.3 is 0 Å². The van der Waals surface area contributed by atoms with Crippen LogP contribution in [0.25, 0.3) is 0 Å². The van der Waals surface area contributed by atoms with Crippen LogP contribution >= 0.6 is 0 Å². The molecule has 0 rings (SSSR count). The van der Waals surface area contributed by atoms with Gasteiger partial charge in [0.2, 0.25) is 0 Å². The third kappa shape index (κ3) is 3.14. The molecule has 0 radical (unpaired) electrons. The van der Waals surface area contributed by atoms with E-state index >= 15 is 0 Å². The van der Waals surface area contributed by atoms with Gasteiger partial charge in [0.1, 0.15) is 6.10 Å². The Labute approximate surface area is 78.7 Å². The maximum absolute atomic E-state index is 12.5. The Morgan fingerprint density at radius 3 is 2.00 bits per heavy atom. The largest absolute Gasteiger partial charge is 0.456 e. The monoisotopic (exact) mass is 242 g/mol. The molecule has 0 aromatic carbocycles. The molecule has 3 nitrogen and oxygen atoms in total. The summed E-state index contributed by atoms with van der Waals surface area (Å²) < 4.78 is 81.6. The molecule has 2 atom stereocenters. The standard InChI is InChI=1S/C5H7F5O3S/c1-2-3(13-14(11)12)4(6,7)5(8,9)10/h3H,2H2,1H3,(H,11,12). The Bertz CT molecular complexity index is 216. The third-order valence-electron chi connectivity index (χ3n) is 1.35. The lowest BCUT2D eigenvalue weighted by Gasteiger charge is -2.25. The number of hydrogen-bond acceptors (Lipinski definition) is 2. The van der Waals surface area contributed by atoms with Crippen molar-refractivity contribution >= 4 is 11.4 Å². The van der Waals surface area contributed by atoms with Crippen molar-refractivity contribution in [1.29, 1.82) is 0 Å². The van der Waals surface area contributed by atoms with Gasteiger partial charge in [0.05, 0.1) is 0 Å². The van der Waals surface area contributed by atoms with Crippen molar-refractivity contribution in [1.82, 2.24) is 0 Å². The lowest BCUT2D eigenvalue weighted by Crippen LogP contribution is -2.48. The SMILES string of the molecule is CCC(OS(=O)O)C(F)(F)C(F)(F)F. The van der Waals surface area contributed by atoms with E-state index in [1.807, 2.05) is 0 Å². The van der Waals surface area contributed by atoms with Gasteiger partial charge in [-0.25, -0.2) is 0 Å². The van der Waals surface area contributed by atoms with Crippen LogP contribution in [0.4, 0.5) is 22.0 Å². The maximum atomic E-state index is 12.5. The summed E-state index contributed by atoms with van der Waals surface area (Å²) in [5.41, 5.74) is 0. The number of alkyl halides is 5. The van der Waals surface area contributed by atoms with Crippen molar-refractivity contribution in [2.75, 3.05) is 0 Å². The minimum atomic E-state index is -5.80. The predicted octanol–water partition coefficient (Wildman–Crippen LogP) is 2.12. The Kier molecular flexibility index (Phi) is 4.40. The molecule has 0 heterocycles. The molecular weight excluding hydrogens is 235 g/mol. The topological polar surface area (TPSA) is 46.5 Å². The summed E-state index contributed by atoms with van der Waals surface area (Å²) in [6, 6.07) is 0. The first-order chi connectivity index (χ1) is 6.13. The van der Waals surface area contributed by atoms with Crippen molar-refractivity contribution in [2.45, 2.75) is 31.5 Å². The van der Waals surface area contributed by atoms with Gasteiger partial charge in [-0.1, -0.05) is 6.92 Å². The van der Waals surface area contributed by atoms with Crippen LogP contribution in [0.2, 0.25) is 0 Å². The summed E-state index contributed by atoms with van der Waals surface area (Å²) in [6.07, 6.45) is -9.19. The second-order valence-electron chi connectivity index (χ2n) is 2.33. The van der Waals surface area contributed by atoms with Gasteiger partial charge in [-0.15, -0.1) is 0 Å². The van der Waals surface area contributed by atoms with E-state index < -0.39 is 36.0 Å². The van der Waals surface area contributed by atoms with Crippen LogP contribution < -0.4 is 0 Å². The molecule has 0 aliphatic carbocycles. The van der Waals surface area contributed by atoms with Gasteiger partial charge in [0.15, 0.2) is 0 Å². The molecule has 0 saturated carbocycles. The van der Waals surface area contributed by atoms with E-state index in [4.69, 9.17) is 4.55 Å². The molecule has 0 saturated heterocycles. The normalized spacial score (nSPS) is 17.9. The second kappa shape index (κ2) is 4.49. The summed E-state index contributed by atoms with van der Waals surface area (Å²) in [5, 5.41) is 0. The Hall–Kier alpha value is -0.280. The maximum Gasteiger partial charge on any atom is 0.456 e. The summed E-state index contributed by atoms with van der Waals surface area (Å²) in [5.74, 6) is -5.14. The van der Waals surface area contributed by atoms with Gasteiger partial charge in [-0.2, -0.15) is 26.2 Å². The van der Waals surface area contributed by atoms with E-state index in [1.165, 1.54) is 0 Å². The fourth-order valence-corrected chi connectivity index (χ4v) is 1.12. The van der Waals surface area contributed by atoms with Crippen LogP contribution in [0.15, 0.2) is 0 Å². The Morgan fingerprint density at radius 2 is 1.79 bits per heavy atom. The first-order valence-electron chi connectivity index (χ1n) is 3.35. The minimum absolute atomic E-state index is 0.737. The lowest BCUT2D eigenvalue weighted by molar-refractivity contribution is -0.308. The first kappa shape index (κ1) is 13.7. The van der Waals surface area contributed by atoms with Crippen molar-refractivity contribution in [3.8, 4) is 0 Å². The van der Waals surface area contributed by atoms with Gasteiger partial charge >= 0.3 is 23.5 Å². The van der Waals surface area contributed by atoms with E-state index in [1.54, 1.807) is 0 Å². The molecule has 0 aliphatic rings. The average molecular weight is 242 g/mol. The molecule has 0 amide bonds. The van der Waals surface area contributed by atoms with Gasteiger partial charge in [-0.3, -0.25) is 8.74 Å². The fourth-order valence-electron chi connectivity index (χ4n) is 0.667. The smallest absolute Gasteiger partial charge is 0.284 e. The summed E-state index contributed by atoms with van der Waals surface area (Å²) in [4.78, 5) is 0. The number of hydrogen-bond donors (Lipinski definition) is 1. The predicted molar refractivity (Wildman–Crippen MR) is 36.9 cm³/mol. The molecule has 0 aromatic heterocycles. The molecule has 14 heavy (non-hydrogen) atoms. The average Bonchev–Trinajstić information content (AvgIpc) is 1.97. The molecule has 0 bridgehead atoms. The number of rotatable bonds is 4. The van der Waals surface area contributed by atoms with Gasteiger partial charge in [-0.05, 0) is 6.42 Å². The Morgan fingerprint density at radius 1 is 1.36 bits per heavy atom. The summed E-state index contributed by atoms with van der Waals surface area (Å²) >= 11 is -3.16. The van der Waals surface area contributed by atoms with Crippen LogP contribution in [0.1, 0.15) is 13.3 Å². The lowest BCUT2D eigenvalue weighted by atomic mass is 10.1. The number of halogens is 5. The van der Waals surface area contributed by atoms with Crippen LogP contribution in [-0.4, -0.2) is 27.0 Å².